The van der Waals surface area contributed by atoms with Crippen LogP contribution in [-0.2, 0) is 14.3 Å². The maximum Gasteiger partial charge on any atom is 0.410 e. The van der Waals surface area contributed by atoms with Crippen LogP contribution in [0, 0.1) is 5.82 Å². The van der Waals surface area contributed by atoms with Gasteiger partial charge in [-0.05, 0) is 49.4 Å². The number of carbonyl (C=O) groups excluding carboxylic acids is 3. The van der Waals surface area contributed by atoms with Crippen molar-refractivity contribution in [1.82, 2.24) is 14.9 Å². The van der Waals surface area contributed by atoms with Crippen LogP contribution < -0.4 is 20.2 Å². The first-order chi connectivity index (χ1) is 21.2. The number of cyclic esters (lactones) is 1. The van der Waals surface area contributed by atoms with Crippen molar-refractivity contribution in [3.05, 3.63) is 96.1 Å². The van der Waals surface area contributed by atoms with Gasteiger partial charge in [0.15, 0.2) is 17.9 Å². The number of halogens is 1. The van der Waals surface area contributed by atoms with Gasteiger partial charge in [0.05, 0.1) is 31.4 Å². The van der Waals surface area contributed by atoms with E-state index in [4.69, 9.17) is 14.2 Å². The van der Waals surface area contributed by atoms with Gasteiger partial charge in [-0.3, -0.25) is 25.0 Å². The van der Waals surface area contributed by atoms with Gasteiger partial charge in [0.2, 0.25) is 0 Å². The van der Waals surface area contributed by atoms with E-state index in [-0.39, 0.29) is 29.3 Å². The molecule has 0 spiro atoms. The van der Waals surface area contributed by atoms with Gasteiger partial charge in [0, 0.05) is 42.1 Å². The van der Waals surface area contributed by atoms with Gasteiger partial charge in [-0.25, -0.2) is 9.18 Å². The van der Waals surface area contributed by atoms with Crippen molar-refractivity contribution in [2.45, 2.75) is 13.0 Å². The Morgan fingerprint density at radius 1 is 1.11 bits per heavy atom. The van der Waals surface area contributed by atoms with E-state index >= 15 is 4.39 Å². The van der Waals surface area contributed by atoms with Crippen molar-refractivity contribution in [3.8, 4) is 17.2 Å². The molecule has 2 amide bonds. The Labute approximate surface area is 252 Å². The lowest BCUT2D eigenvalue weighted by molar-refractivity contribution is -0.115. The van der Waals surface area contributed by atoms with Gasteiger partial charge >= 0.3 is 6.09 Å². The van der Waals surface area contributed by atoms with Gasteiger partial charge in [0.25, 0.3) is 5.91 Å². The number of nitrogens with zero attached hydrogens (tertiary/aromatic N) is 3. The number of para-hydroxylation sites is 1. The van der Waals surface area contributed by atoms with Crippen LogP contribution >= 0.6 is 0 Å². The van der Waals surface area contributed by atoms with Crippen LogP contribution in [0.4, 0.5) is 20.6 Å². The minimum Gasteiger partial charge on any atom is -0.497 e. The Bertz CT molecular complexity index is 1730. The van der Waals surface area contributed by atoms with Crippen LogP contribution in [0.5, 0.6) is 17.2 Å². The first-order valence-electron chi connectivity index (χ1n) is 13.6. The number of methoxy groups -OCH3 is 1. The highest BCUT2D eigenvalue weighted by atomic mass is 19.1. The maximum atomic E-state index is 15.2. The first-order valence-corrected chi connectivity index (χ1v) is 13.6. The van der Waals surface area contributed by atoms with E-state index < -0.39 is 23.9 Å². The minimum absolute atomic E-state index is 0.0667. The number of fused-ring (bicyclic) bond motifs is 1. The summed E-state index contributed by atoms with van der Waals surface area (Å²) in [6, 6.07) is 20.0. The third-order valence-corrected chi connectivity index (χ3v) is 6.96. The monoisotopic (exact) mass is 599 g/mol. The Morgan fingerprint density at radius 3 is 2.59 bits per heavy atom. The molecule has 12 heteroatoms. The predicted molar refractivity (Wildman–Crippen MR) is 162 cm³/mol. The molecule has 1 aromatic heterocycles. The standard InChI is InChI=1S/C32H30FN5O6/c1-20(38(36-21-7-5-4-6-8-21)18-24-17-37(2)32(41)43-24)26(19-39)31(40)35-22-9-12-30(27(33)15-22)44-29-13-14-34-28-16-23(42-3)10-11-25(28)29/h4-16,19,24,36H,17-18H2,1-3H3,(H,35,40)/b26-20+. The molecule has 0 aliphatic carbocycles. The molecule has 2 N–H and O–H groups in total. The van der Waals surface area contributed by atoms with Gasteiger partial charge in [-0.15, -0.1) is 0 Å². The molecule has 1 saturated heterocycles. The molecule has 1 fully saturated rings. The van der Waals surface area contributed by atoms with E-state index in [0.717, 1.165) is 6.07 Å². The molecule has 5 rings (SSSR count). The highest BCUT2D eigenvalue weighted by molar-refractivity contribution is 6.17. The van der Waals surface area contributed by atoms with E-state index in [2.05, 4.69) is 15.7 Å². The Kier molecular flexibility index (Phi) is 8.89. The fourth-order valence-electron chi connectivity index (χ4n) is 4.63. The summed E-state index contributed by atoms with van der Waals surface area (Å²) in [6.07, 6.45) is 0.991. The van der Waals surface area contributed by atoms with E-state index in [1.54, 1.807) is 56.6 Å². The second kappa shape index (κ2) is 13.1. The maximum absolute atomic E-state index is 15.2. The average Bonchev–Trinajstić information content (AvgIpc) is 3.34. The topological polar surface area (TPSA) is 122 Å². The number of hydrogen-bond donors (Lipinski definition) is 2. The predicted octanol–water partition coefficient (Wildman–Crippen LogP) is 5.37. The van der Waals surface area contributed by atoms with Crippen molar-refractivity contribution >= 4 is 40.6 Å². The van der Waals surface area contributed by atoms with Crippen molar-refractivity contribution in [3.63, 3.8) is 0 Å². The number of hydrogen-bond acceptors (Lipinski definition) is 9. The number of aldehydes is 1. The molecule has 0 saturated carbocycles. The number of nitrogens with one attached hydrogen (secondary N) is 2. The normalized spacial score (nSPS) is 14.9. The number of carbonyl (C=O) groups is 3. The van der Waals surface area contributed by atoms with Crippen LogP contribution in [0.2, 0.25) is 0 Å². The third kappa shape index (κ3) is 6.70. The summed E-state index contributed by atoms with van der Waals surface area (Å²) in [7, 11) is 3.17. The molecule has 226 valence electrons. The zero-order chi connectivity index (χ0) is 31.2. The molecule has 1 unspecified atom stereocenters. The fraction of sp³-hybridized carbons (Fsp3) is 0.188. The molecular weight excluding hydrogens is 569 g/mol. The van der Waals surface area contributed by atoms with Gasteiger partial charge in [-0.2, -0.15) is 0 Å². The van der Waals surface area contributed by atoms with Gasteiger partial charge in [-0.1, -0.05) is 18.2 Å². The summed E-state index contributed by atoms with van der Waals surface area (Å²) in [6.45, 7) is 2.07. The Balaban J connectivity index is 1.34. The molecule has 1 aliphatic rings. The molecule has 1 aliphatic heterocycles. The zero-order valence-electron chi connectivity index (χ0n) is 24.2. The number of anilines is 2. The van der Waals surface area contributed by atoms with Crippen LogP contribution in [-0.4, -0.2) is 66.5 Å². The molecule has 0 radical (unpaired) electrons. The quantitative estimate of drug-likeness (QED) is 0.0771. The summed E-state index contributed by atoms with van der Waals surface area (Å²) < 4.78 is 31.6. The summed E-state index contributed by atoms with van der Waals surface area (Å²) >= 11 is 0. The van der Waals surface area contributed by atoms with Crippen molar-refractivity contribution < 1.29 is 33.0 Å². The minimum atomic E-state index is -0.750. The van der Waals surface area contributed by atoms with Crippen LogP contribution in [0.25, 0.3) is 10.9 Å². The lowest BCUT2D eigenvalue weighted by Crippen LogP contribution is -2.38. The highest BCUT2D eigenvalue weighted by Gasteiger charge is 2.31. The van der Waals surface area contributed by atoms with Crippen LogP contribution in [0.15, 0.2) is 90.3 Å². The number of benzene rings is 3. The van der Waals surface area contributed by atoms with E-state index in [0.29, 0.717) is 40.9 Å². The molecule has 3 aromatic carbocycles. The van der Waals surface area contributed by atoms with Gasteiger partial charge in [0.1, 0.15) is 23.2 Å². The summed E-state index contributed by atoms with van der Waals surface area (Å²) in [5, 5.41) is 4.81. The molecule has 2 heterocycles. The van der Waals surface area contributed by atoms with E-state index in [9.17, 15) is 14.4 Å². The number of aromatic nitrogens is 1. The van der Waals surface area contributed by atoms with Crippen LogP contribution in [0.1, 0.15) is 6.92 Å². The molecule has 11 nitrogen and oxygen atoms in total. The Morgan fingerprint density at radius 2 is 1.91 bits per heavy atom. The molecular formula is C32H30FN5O6. The number of pyridine rings is 1. The van der Waals surface area contributed by atoms with Gasteiger partial charge < -0.3 is 24.4 Å². The van der Waals surface area contributed by atoms with E-state index in [1.807, 2.05) is 30.3 Å². The second-order valence-electron chi connectivity index (χ2n) is 9.99. The first kappa shape index (κ1) is 29.8. The highest BCUT2D eigenvalue weighted by Crippen LogP contribution is 2.33. The molecule has 44 heavy (non-hydrogen) atoms. The summed E-state index contributed by atoms with van der Waals surface area (Å²) in [5.74, 6) is -0.529. The second-order valence-corrected chi connectivity index (χ2v) is 9.99. The number of amides is 2. The number of allylic oxidation sites excluding steroid dienone is 1. The summed E-state index contributed by atoms with van der Waals surface area (Å²) in [5.41, 5.74) is 4.65. The largest absolute Gasteiger partial charge is 0.497 e. The molecule has 1 atom stereocenters. The molecule has 0 bridgehead atoms. The Hall–Kier alpha value is -5.65. The van der Waals surface area contributed by atoms with E-state index in [1.165, 1.54) is 17.0 Å². The zero-order valence-corrected chi connectivity index (χ0v) is 24.2. The summed E-state index contributed by atoms with van der Waals surface area (Å²) in [4.78, 5) is 43.1. The number of ether oxygens (including phenoxy) is 3. The van der Waals surface area contributed by atoms with Crippen molar-refractivity contribution in [2.24, 2.45) is 0 Å². The number of rotatable bonds is 11. The number of hydrazine groups is 1. The lowest BCUT2D eigenvalue weighted by atomic mass is 10.2. The lowest BCUT2D eigenvalue weighted by Gasteiger charge is -2.29. The average molecular weight is 600 g/mol. The van der Waals surface area contributed by atoms with Crippen molar-refractivity contribution in [2.75, 3.05) is 38.0 Å². The van der Waals surface area contributed by atoms with Crippen LogP contribution in [0.3, 0.4) is 0 Å². The SMILES string of the molecule is COc1ccc2c(Oc3ccc(NC(=O)/C(C=O)=C(\C)N(CC4CN(C)C(=O)O4)Nc4ccccc4)cc3F)ccnc2c1. The third-order valence-electron chi connectivity index (χ3n) is 6.96. The smallest absolute Gasteiger partial charge is 0.410 e. The molecule has 4 aromatic rings. The fourth-order valence-corrected chi connectivity index (χ4v) is 4.63. The number of likely N-dealkylation sites (N-methyl/N-ethyl adjacent to an activating group) is 1. The van der Waals surface area contributed by atoms with Crippen molar-refractivity contribution in [1.29, 1.82) is 0 Å².